The molecule has 0 spiro atoms. The van der Waals surface area contributed by atoms with E-state index in [9.17, 15) is 9.59 Å². The zero-order chi connectivity index (χ0) is 18.8. The number of amides is 2. The lowest BCUT2D eigenvalue weighted by Crippen LogP contribution is -2.47. The van der Waals surface area contributed by atoms with Gasteiger partial charge >= 0.3 is 0 Å². The van der Waals surface area contributed by atoms with E-state index < -0.39 is 0 Å². The summed E-state index contributed by atoms with van der Waals surface area (Å²) in [6.07, 6.45) is 0. The van der Waals surface area contributed by atoms with Gasteiger partial charge < -0.3 is 15.5 Å². The zero-order valence-electron chi connectivity index (χ0n) is 14.8. The SMILES string of the molecule is Cc1ccc(-c2cc(C(=O)Nc3ccc(N4CCNC(=O)C4)cc3)n[nH]2)s1. The number of aryl methyl sites for hydroxylation is 1. The van der Waals surface area contributed by atoms with Crippen molar-refractivity contribution in [2.75, 3.05) is 29.9 Å². The molecule has 1 aliphatic heterocycles. The van der Waals surface area contributed by atoms with Gasteiger partial charge in [0.1, 0.15) is 0 Å². The summed E-state index contributed by atoms with van der Waals surface area (Å²) in [5, 5.41) is 12.7. The fourth-order valence-electron chi connectivity index (χ4n) is 2.95. The second kappa shape index (κ2) is 7.24. The summed E-state index contributed by atoms with van der Waals surface area (Å²) in [4.78, 5) is 28.2. The molecule has 8 heteroatoms. The molecule has 0 unspecified atom stereocenters. The fraction of sp³-hybridized carbons (Fsp3) is 0.211. The Morgan fingerprint density at radius 1 is 1.22 bits per heavy atom. The number of hydrogen-bond donors (Lipinski definition) is 3. The Bertz CT molecular complexity index is 976. The van der Waals surface area contributed by atoms with Crippen molar-refractivity contribution in [3.63, 3.8) is 0 Å². The Labute approximate surface area is 160 Å². The number of thiophene rings is 1. The topological polar surface area (TPSA) is 90.1 Å². The average Bonchev–Trinajstić information content (AvgIpc) is 3.31. The van der Waals surface area contributed by atoms with Crippen LogP contribution in [-0.2, 0) is 4.79 Å². The molecule has 4 rings (SSSR count). The number of aromatic nitrogens is 2. The largest absolute Gasteiger partial charge is 0.360 e. The molecular formula is C19H19N5O2S. The number of hydrogen-bond acceptors (Lipinski definition) is 5. The quantitative estimate of drug-likeness (QED) is 0.648. The number of carbonyl (C=O) groups excluding carboxylic acids is 2. The van der Waals surface area contributed by atoms with E-state index in [1.807, 2.05) is 48.2 Å². The van der Waals surface area contributed by atoms with Crippen molar-refractivity contribution in [1.82, 2.24) is 15.5 Å². The Morgan fingerprint density at radius 2 is 2.04 bits per heavy atom. The van der Waals surface area contributed by atoms with Crippen molar-refractivity contribution >= 4 is 34.5 Å². The highest BCUT2D eigenvalue weighted by Crippen LogP contribution is 2.26. The number of nitrogens with zero attached hydrogens (tertiary/aromatic N) is 2. The van der Waals surface area contributed by atoms with Crippen LogP contribution in [0, 0.1) is 6.92 Å². The summed E-state index contributed by atoms with van der Waals surface area (Å²) in [6.45, 7) is 3.81. The van der Waals surface area contributed by atoms with Gasteiger partial charge in [0.2, 0.25) is 5.91 Å². The molecule has 2 aromatic heterocycles. The van der Waals surface area contributed by atoms with Gasteiger partial charge in [-0.25, -0.2) is 0 Å². The maximum Gasteiger partial charge on any atom is 0.276 e. The van der Waals surface area contributed by atoms with Crippen molar-refractivity contribution in [2.24, 2.45) is 0 Å². The lowest BCUT2D eigenvalue weighted by molar-refractivity contribution is -0.120. The van der Waals surface area contributed by atoms with Gasteiger partial charge in [-0.05, 0) is 49.4 Å². The number of benzene rings is 1. The van der Waals surface area contributed by atoms with Crippen molar-refractivity contribution in [3.05, 3.63) is 53.0 Å². The maximum absolute atomic E-state index is 12.4. The number of aromatic amines is 1. The van der Waals surface area contributed by atoms with Crippen molar-refractivity contribution < 1.29 is 9.59 Å². The van der Waals surface area contributed by atoms with Gasteiger partial charge in [0.05, 0.1) is 17.1 Å². The molecule has 27 heavy (non-hydrogen) atoms. The third kappa shape index (κ3) is 3.85. The highest BCUT2D eigenvalue weighted by Gasteiger charge is 2.17. The number of carbonyl (C=O) groups is 2. The number of piperazine rings is 1. The van der Waals surface area contributed by atoms with E-state index in [4.69, 9.17) is 0 Å². The lowest BCUT2D eigenvalue weighted by atomic mass is 10.2. The molecular weight excluding hydrogens is 362 g/mol. The van der Waals surface area contributed by atoms with Gasteiger partial charge in [0.15, 0.2) is 5.69 Å². The van der Waals surface area contributed by atoms with Crippen LogP contribution in [0.25, 0.3) is 10.6 Å². The van der Waals surface area contributed by atoms with E-state index in [0.717, 1.165) is 22.8 Å². The third-order valence-corrected chi connectivity index (χ3v) is 5.38. The van der Waals surface area contributed by atoms with Crippen molar-refractivity contribution in [1.29, 1.82) is 0 Å². The molecule has 3 heterocycles. The fourth-order valence-corrected chi connectivity index (χ4v) is 3.79. The Kier molecular flexibility index (Phi) is 4.64. The van der Waals surface area contributed by atoms with Crippen LogP contribution in [0.3, 0.4) is 0 Å². The summed E-state index contributed by atoms with van der Waals surface area (Å²) in [5.41, 5.74) is 2.81. The van der Waals surface area contributed by atoms with Gasteiger partial charge in [-0.3, -0.25) is 14.7 Å². The number of anilines is 2. The molecule has 0 aliphatic carbocycles. The van der Waals surface area contributed by atoms with Crippen LogP contribution in [0.15, 0.2) is 42.5 Å². The molecule has 0 atom stereocenters. The minimum Gasteiger partial charge on any atom is -0.360 e. The summed E-state index contributed by atoms with van der Waals surface area (Å²) in [6, 6.07) is 13.3. The first-order valence-electron chi connectivity index (χ1n) is 8.64. The van der Waals surface area contributed by atoms with Crippen LogP contribution in [0.5, 0.6) is 0 Å². The molecule has 3 aromatic rings. The highest BCUT2D eigenvalue weighted by atomic mass is 32.1. The van der Waals surface area contributed by atoms with E-state index in [-0.39, 0.29) is 11.8 Å². The van der Waals surface area contributed by atoms with Crippen molar-refractivity contribution in [3.8, 4) is 10.6 Å². The van der Waals surface area contributed by atoms with E-state index >= 15 is 0 Å². The van der Waals surface area contributed by atoms with Crippen molar-refractivity contribution in [2.45, 2.75) is 6.92 Å². The minimum atomic E-state index is -0.268. The Morgan fingerprint density at radius 3 is 2.74 bits per heavy atom. The molecule has 7 nitrogen and oxygen atoms in total. The molecule has 0 radical (unpaired) electrons. The second-order valence-electron chi connectivity index (χ2n) is 6.35. The van der Waals surface area contributed by atoms with Gasteiger partial charge in [-0.15, -0.1) is 11.3 Å². The zero-order valence-corrected chi connectivity index (χ0v) is 15.6. The van der Waals surface area contributed by atoms with E-state index in [2.05, 4.69) is 20.8 Å². The lowest BCUT2D eigenvalue weighted by Gasteiger charge is -2.28. The molecule has 1 fully saturated rings. The first-order chi connectivity index (χ1) is 13.1. The molecule has 1 saturated heterocycles. The van der Waals surface area contributed by atoms with Crippen LogP contribution in [0.1, 0.15) is 15.4 Å². The van der Waals surface area contributed by atoms with Crippen LogP contribution in [0.4, 0.5) is 11.4 Å². The first-order valence-corrected chi connectivity index (χ1v) is 9.45. The summed E-state index contributed by atoms with van der Waals surface area (Å²) in [5.74, 6) is -0.246. The van der Waals surface area contributed by atoms with Crippen LogP contribution in [0.2, 0.25) is 0 Å². The molecule has 2 amide bonds. The first kappa shape index (κ1) is 17.3. The summed E-state index contributed by atoms with van der Waals surface area (Å²) < 4.78 is 0. The van der Waals surface area contributed by atoms with Crippen LogP contribution < -0.4 is 15.5 Å². The van der Waals surface area contributed by atoms with Gasteiger partial charge in [-0.1, -0.05) is 0 Å². The van der Waals surface area contributed by atoms with E-state index in [1.165, 1.54) is 4.88 Å². The normalized spacial score (nSPS) is 14.1. The average molecular weight is 381 g/mol. The molecule has 1 aliphatic rings. The van der Waals surface area contributed by atoms with E-state index in [1.54, 1.807) is 17.4 Å². The van der Waals surface area contributed by atoms with E-state index in [0.29, 0.717) is 24.5 Å². The molecule has 0 bridgehead atoms. The minimum absolute atomic E-state index is 0.0221. The van der Waals surface area contributed by atoms with Crippen LogP contribution >= 0.6 is 11.3 Å². The Balaban J connectivity index is 1.42. The second-order valence-corrected chi connectivity index (χ2v) is 7.64. The molecule has 0 saturated carbocycles. The van der Waals surface area contributed by atoms with Crippen LogP contribution in [-0.4, -0.2) is 41.6 Å². The van der Waals surface area contributed by atoms with Gasteiger partial charge in [-0.2, -0.15) is 5.10 Å². The summed E-state index contributed by atoms with van der Waals surface area (Å²) >= 11 is 1.65. The predicted octanol–water partition coefficient (Wildman–Crippen LogP) is 2.64. The Hall–Kier alpha value is -3.13. The monoisotopic (exact) mass is 381 g/mol. The highest BCUT2D eigenvalue weighted by molar-refractivity contribution is 7.15. The number of nitrogens with one attached hydrogen (secondary N) is 3. The summed E-state index contributed by atoms with van der Waals surface area (Å²) in [7, 11) is 0. The predicted molar refractivity (Wildman–Crippen MR) is 106 cm³/mol. The smallest absolute Gasteiger partial charge is 0.276 e. The maximum atomic E-state index is 12.4. The number of H-pyrrole nitrogens is 1. The molecule has 138 valence electrons. The molecule has 3 N–H and O–H groups in total. The van der Waals surface area contributed by atoms with Gasteiger partial charge in [0.25, 0.3) is 5.91 Å². The van der Waals surface area contributed by atoms with Gasteiger partial charge in [0, 0.05) is 29.3 Å². The molecule has 1 aromatic carbocycles. The third-order valence-electron chi connectivity index (χ3n) is 4.34. The number of rotatable bonds is 4. The standard InChI is InChI=1S/C19H19N5O2S/c1-12-2-7-17(27-12)15-10-16(23-22-15)19(26)21-13-3-5-14(6-4-13)24-9-8-20-18(25)11-24/h2-7,10H,8-9,11H2,1H3,(H,20,25)(H,21,26)(H,22,23).